The minimum absolute atomic E-state index is 0.686. The highest BCUT2D eigenvalue weighted by molar-refractivity contribution is 5.51. The molecule has 0 spiro atoms. The molecule has 0 aromatic carbocycles. The molecule has 2 heterocycles. The summed E-state index contributed by atoms with van der Waals surface area (Å²) in [4.78, 5) is 8.38. The van der Waals surface area contributed by atoms with E-state index in [2.05, 4.69) is 22.2 Å². The third-order valence-electron chi connectivity index (χ3n) is 2.69. The first kappa shape index (κ1) is 11.4. The molecule has 0 aliphatic rings. The molecule has 0 bridgehead atoms. The Morgan fingerprint density at radius 3 is 2.76 bits per heavy atom. The molecule has 0 aliphatic heterocycles. The molecule has 2 aromatic heterocycles. The lowest BCUT2D eigenvalue weighted by molar-refractivity contribution is 1.05. The molecule has 2 aromatic rings. The summed E-state index contributed by atoms with van der Waals surface area (Å²) in [5, 5.41) is 3.29. The molecule has 0 amide bonds. The van der Waals surface area contributed by atoms with Crippen molar-refractivity contribution in [1.82, 2.24) is 9.97 Å². The fourth-order valence-corrected chi connectivity index (χ4v) is 1.64. The molecule has 0 saturated carbocycles. The monoisotopic (exact) mass is 228 g/mol. The van der Waals surface area contributed by atoms with Crippen molar-refractivity contribution in [3.05, 3.63) is 47.4 Å². The van der Waals surface area contributed by atoms with Gasteiger partial charge in [0.15, 0.2) is 0 Å². The lowest BCUT2D eigenvalue weighted by Crippen LogP contribution is -2.05. The number of nitrogens with zero attached hydrogens (tertiary/aromatic N) is 2. The van der Waals surface area contributed by atoms with Gasteiger partial charge in [0.05, 0.1) is 11.9 Å². The van der Waals surface area contributed by atoms with E-state index in [1.54, 1.807) is 12.4 Å². The van der Waals surface area contributed by atoms with Crippen molar-refractivity contribution in [2.24, 2.45) is 0 Å². The molecule has 2 rings (SSSR count). The van der Waals surface area contributed by atoms with E-state index in [1.165, 1.54) is 11.1 Å². The number of nitrogens with one attached hydrogen (secondary N) is 1. The van der Waals surface area contributed by atoms with Crippen molar-refractivity contribution in [3.8, 4) is 0 Å². The van der Waals surface area contributed by atoms with E-state index >= 15 is 0 Å². The van der Waals surface area contributed by atoms with Crippen molar-refractivity contribution in [1.29, 1.82) is 0 Å². The zero-order valence-corrected chi connectivity index (χ0v) is 10.1. The van der Waals surface area contributed by atoms with Crippen molar-refractivity contribution >= 4 is 11.5 Å². The second-order valence-electron chi connectivity index (χ2n) is 4.09. The van der Waals surface area contributed by atoms with Crippen molar-refractivity contribution in [2.45, 2.75) is 20.4 Å². The van der Waals surface area contributed by atoms with Crippen LogP contribution in [-0.4, -0.2) is 9.97 Å². The fraction of sp³-hybridized carbons (Fsp3) is 0.231. The first-order valence-corrected chi connectivity index (χ1v) is 5.52. The van der Waals surface area contributed by atoms with Crippen LogP contribution in [0.25, 0.3) is 0 Å². The van der Waals surface area contributed by atoms with Crippen molar-refractivity contribution < 1.29 is 0 Å². The van der Waals surface area contributed by atoms with Crippen LogP contribution in [0, 0.1) is 13.8 Å². The Hall–Kier alpha value is -2.10. The normalized spacial score (nSPS) is 10.2. The van der Waals surface area contributed by atoms with Crippen LogP contribution in [0.3, 0.4) is 0 Å². The van der Waals surface area contributed by atoms with Gasteiger partial charge < -0.3 is 11.1 Å². The average Bonchev–Trinajstić information content (AvgIpc) is 2.30. The van der Waals surface area contributed by atoms with E-state index in [9.17, 15) is 0 Å². The third kappa shape index (κ3) is 2.72. The second-order valence-corrected chi connectivity index (χ2v) is 4.09. The van der Waals surface area contributed by atoms with Gasteiger partial charge in [-0.3, -0.25) is 4.98 Å². The van der Waals surface area contributed by atoms with Crippen LogP contribution in [0.5, 0.6) is 0 Å². The predicted molar refractivity (Wildman–Crippen MR) is 69.7 cm³/mol. The summed E-state index contributed by atoms with van der Waals surface area (Å²) in [7, 11) is 0. The lowest BCUT2D eigenvalue weighted by atomic mass is 10.1. The van der Waals surface area contributed by atoms with Gasteiger partial charge in [-0.25, -0.2) is 4.98 Å². The van der Waals surface area contributed by atoms with Gasteiger partial charge in [-0.2, -0.15) is 0 Å². The number of nitrogens with two attached hydrogens (primary N) is 1. The Morgan fingerprint density at radius 1 is 1.24 bits per heavy atom. The summed E-state index contributed by atoms with van der Waals surface area (Å²) >= 11 is 0. The van der Waals surface area contributed by atoms with Crippen LogP contribution < -0.4 is 11.1 Å². The van der Waals surface area contributed by atoms with Gasteiger partial charge in [0.1, 0.15) is 5.82 Å². The Balaban J connectivity index is 2.10. The highest BCUT2D eigenvalue weighted by atomic mass is 15.0. The Morgan fingerprint density at radius 2 is 2.06 bits per heavy atom. The zero-order valence-electron chi connectivity index (χ0n) is 10.1. The molecule has 0 saturated heterocycles. The van der Waals surface area contributed by atoms with Gasteiger partial charge in [0.2, 0.25) is 0 Å². The molecule has 4 heteroatoms. The van der Waals surface area contributed by atoms with Crippen LogP contribution in [0.2, 0.25) is 0 Å². The number of aryl methyl sites for hydroxylation is 2. The van der Waals surface area contributed by atoms with E-state index in [4.69, 9.17) is 5.73 Å². The number of aromatic nitrogens is 2. The zero-order chi connectivity index (χ0) is 12.3. The molecule has 4 nitrogen and oxygen atoms in total. The molecule has 0 aliphatic carbocycles. The van der Waals surface area contributed by atoms with Crippen LogP contribution in [0.4, 0.5) is 11.5 Å². The number of hydrogen-bond acceptors (Lipinski definition) is 4. The highest BCUT2D eigenvalue weighted by Crippen LogP contribution is 2.15. The summed E-state index contributed by atoms with van der Waals surface area (Å²) in [6.45, 7) is 4.78. The van der Waals surface area contributed by atoms with Crippen LogP contribution in [-0.2, 0) is 6.54 Å². The maximum absolute atomic E-state index is 5.66. The molecule has 17 heavy (non-hydrogen) atoms. The Bertz CT molecular complexity index is 523. The molecule has 0 unspecified atom stereocenters. The lowest BCUT2D eigenvalue weighted by Gasteiger charge is -2.10. The first-order chi connectivity index (χ1) is 8.16. The minimum Gasteiger partial charge on any atom is -0.397 e. The number of nitrogen functional groups attached to an aromatic ring is 1. The molecule has 88 valence electrons. The Kier molecular flexibility index (Phi) is 3.23. The molecular formula is C13H16N4. The van der Waals surface area contributed by atoms with Gasteiger partial charge in [-0.1, -0.05) is 0 Å². The van der Waals surface area contributed by atoms with Crippen LogP contribution >= 0.6 is 0 Å². The van der Waals surface area contributed by atoms with E-state index in [1.807, 2.05) is 25.3 Å². The molecular weight excluding hydrogens is 212 g/mol. The van der Waals surface area contributed by atoms with E-state index in [0.717, 1.165) is 17.9 Å². The average molecular weight is 228 g/mol. The Labute approximate surface area is 101 Å². The number of rotatable bonds is 3. The van der Waals surface area contributed by atoms with E-state index in [0.29, 0.717) is 5.69 Å². The fourth-order valence-electron chi connectivity index (χ4n) is 1.64. The summed E-state index contributed by atoms with van der Waals surface area (Å²) in [6, 6.07) is 3.91. The first-order valence-electron chi connectivity index (χ1n) is 5.52. The maximum atomic E-state index is 5.66. The SMILES string of the molecule is Cc1ccncc1CNc1ncc(N)cc1C. The number of anilines is 2. The largest absolute Gasteiger partial charge is 0.397 e. The summed E-state index contributed by atoms with van der Waals surface area (Å²) < 4.78 is 0. The molecule has 0 radical (unpaired) electrons. The summed E-state index contributed by atoms with van der Waals surface area (Å²) in [6.07, 6.45) is 5.33. The van der Waals surface area contributed by atoms with Crippen LogP contribution in [0.1, 0.15) is 16.7 Å². The second kappa shape index (κ2) is 4.82. The molecule has 3 N–H and O–H groups in total. The third-order valence-corrected chi connectivity index (χ3v) is 2.69. The van der Waals surface area contributed by atoms with Gasteiger partial charge in [-0.05, 0) is 42.7 Å². The van der Waals surface area contributed by atoms with Gasteiger partial charge in [-0.15, -0.1) is 0 Å². The quantitative estimate of drug-likeness (QED) is 0.846. The maximum Gasteiger partial charge on any atom is 0.129 e. The van der Waals surface area contributed by atoms with Gasteiger partial charge in [0, 0.05) is 18.9 Å². The molecule has 0 atom stereocenters. The minimum atomic E-state index is 0.686. The summed E-state index contributed by atoms with van der Waals surface area (Å²) in [5.74, 6) is 0.863. The standard InChI is InChI=1S/C13H16N4/c1-9-3-4-15-6-11(9)7-16-13-10(2)5-12(14)8-17-13/h3-6,8H,7,14H2,1-2H3,(H,16,17). The van der Waals surface area contributed by atoms with Crippen LogP contribution in [0.15, 0.2) is 30.7 Å². The van der Waals surface area contributed by atoms with E-state index in [-0.39, 0.29) is 0 Å². The summed E-state index contributed by atoms with van der Waals surface area (Å²) in [5.41, 5.74) is 9.79. The predicted octanol–water partition coefficient (Wildman–Crippen LogP) is 2.29. The topological polar surface area (TPSA) is 63.8 Å². The highest BCUT2D eigenvalue weighted by Gasteiger charge is 2.02. The van der Waals surface area contributed by atoms with Gasteiger partial charge >= 0.3 is 0 Å². The number of hydrogen-bond donors (Lipinski definition) is 2. The van der Waals surface area contributed by atoms with E-state index < -0.39 is 0 Å². The number of pyridine rings is 2. The molecule has 0 fully saturated rings. The smallest absolute Gasteiger partial charge is 0.129 e. The van der Waals surface area contributed by atoms with Crippen molar-refractivity contribution in [3.63, 3.8) is 0 Å². The van der Waals surface area contributed by atoms with Crippen molar-refractivity contribution in [2.75, 3.05) is 11.1 Å². The van der Waals surface area contributed by atoms with Gasteiger partial charge in [0.25, 0.3) is 0 Å².